The third kappa shape index (κ3) is 2.14. The highest BCUT2D eigenvalue weighted by molar-refractivity contribution is 5.80. The van der Waals surface area contributed by atoms with Crippen LogP contribution in [-0.2, 0) is 4.79 Å². The Balaban J connectivity index is 1.68. The van der Waals surface area contributed by atoms with E-state index in [2.05, 4.69) is 26.8 Å². The van der Waals surface area contributed by atoms with E-state index in [-0.39, 0.29) is 17.4 Å². The van der Waals surface area contributed by atoms with E-state index < -0.39 is 0 Å². The molecule has 0 bridgehead atoms. The summed E-state index contributed by atoms with van der Waals surface area (Å²) in [4.78, 5) is 12.4. The Morgan fingerprint density at radius 2 is 1.96 bits per heavy atom. The molecule has 4 rings (SSSR count). The number of ketones is 1. The van der Waals surface area contributed by atoms with E-state index in [1.165, 1.54) is 25.7 Å². The van der Waals surface area contributed by atoms with Crippen LogP contribution in [0.4, 0.5) is 0 Å². The molecule has 2 nitrogen and oxygen atoms in total. The molecule has 3 fully saturated rings. The van der Waals surface area contributed by atoms with E-state index in [4.69, 9.17) is 0 Å². The second-order valence-electron chi connectivity index (χ2n) is 10.0. The molecule has 0 heterocycles. The summed E-state index contributed by atoms with van der Waals surface area (Å²) in [5, 5.41) is 10.1. The first kappa shape index (κ1) is 16.8. The summed E-state index contributed by atoms with van der Waals surface area (Å²) in [7, 11) is 0. The average Bonchev–Trinajstić information content (AvgIpc) is 2.78. The van der Waals surface area contributed by atoms with Crippen molar-refractivity contribution in [2.75, 3.05) is 0 Å². The maximum Gasteiger partial charge on any atom is 0.133 e. The number of rotatable bonds is 1. The minimum atomic E-state index is -0.122. The number of Topliss-reactive ketones (excluding diaryl/α,β-unsaturated/α-hetero) is 1. The van der Waals surface area contributed by atoms with Gasteiger partial charge in [0.2, 0.25) is 0 Å². The molecule has 0 aliphatic heterocycles. The van der Waals surface area contributed by atoms with Gasteiger partial charge in [-0.05, 0) is 86.4 Å². The lowest BCUT2D eigenvalue weighted by Crippen LogP contribution is -2.51. The van der Waals surface area contributed by atoms with Gasteiger partial charge in [-0.3, -0.25) is 4.79 Å². The Kier molecular flexibility index (Phi) is 3.81. The van der Waals surface area contributed by atoms with Crippen LogP contribution in [0.5, 0.6) is 0 Å². The highest BCUT2D eigenvalue weighted by Gasteiger charge is 2.61. The Labute approximate surface area is 147 Å². The molecular formula is C22H34O2. The van der Waals surface area contributed by atoms with Crippen molar-refractivity contribution < 1.29 is 9.90 Å². The van der Waals surface area contributed by atoms with Gasteiger partial charge in [-0.2, -0.15) is 0 Å². The minimum Gasteiger partial charge on any atom is -0.393 e. The van der Waals surface area contributed by atoms with Crippen molar-refractivity contribution in [2.45, 2.75) is 78.7 Å². The van der Waals surface area contributed by atoms with Gasteiger partial charge in [0.1, 0.15) is 5.78 Å². The number of aliphatic hydroxyl groups excluding tert-OH is 1. The average molecular weight is 331 g/mol. The van der Waals surface area contributed by atoms with E-state index in [0.717, 1.165) is 31.1 Å². The fourth-order valence-corrected chi connectivity index (χ4v) is 7.87. The van der Waals surface area contributed by atoms with Gasteiger partial charge in [-0.1, -0.05) is 32.4 Å². The zero-order valence-corrected chi connectivity index (χ0v) is 15.8. The van der Waals surface area contributed by atoms with Crippen molar-refractivity contribution in [1.82, 2.24) is 0 Å². The zero-order chi connectivity index (χ0) is 17.3. The van der Waals surface area contributed by atoms with Crippen LogP contribution in [0.3, 0.4) is 0 Å². The van der Waals surface area contributed by atoms with Gasteiger partial charge >= 0.3 is 0 Å². The van der Waals surface area contributed by atoms with Crippen LogP contribution in [0.15, 0.2) is 11.6 Å². The van der Waals surface area contributed by atoms with Crippen LogP contribution < -0.4 is 0 Å². The van der Waals surface area contributed by atoms with Gasteiger partial charge in [0.05, 0.1) is 6.10 Å². The van der Waals surface area contributed by atoms with Crippen molar-refractivity contribution in [3.8, 4) is 0 Å². The molecule has 0 aromatic heterocycles. The van der Waals surface area contributed by atoms with Gasteiger partial charge < -0.3 is 5.11 Å². The van der Waals surface area contributed by atoms with Crippen LogP contribution in [0.1, 0.15) is 72.6 Å². The summed E-state index contributed by atoms with van der Waals surface area (Å²) < 4.78 is 0. The lowest BCUT2D eigenvalue weighted by atomic mass is 9.47. The second-order valence-corrected chi connectivity index (χ2v) is 10.0. The molecule has 2 heteroatoms. The topological polar surface area (TPSA) is 37.3 Å². The van der Waals surface area contributed by atoms with Crippen LogP contribution in [0.2, 0.25) is 0 Å². The molecule has 0 aromatic carbocycles. The molecule has 0 aromatic rings. The number of hydrogen-bond donors (Lipinski definition) is 1. The Bertz CT molecular complexity index is 579. The van der Waals surface area contributed by atoms with Crippen LogP contribution in [0, 0.1) is 40.4 Å². The van der Waals surface area contributed by atoms with E-state index in [0.29, 0.717) is 23.0 Å². The molecule has 0 saturated heterocycles. The van der Waals surface area contributed by atoms with Crippen molar-refractivity contribution >= 4 is 5.78 Å². The van der Waals surface area contributed by atoms with Crippen molar-refractivity contribution in [1.29, 1.82) is 0 Å². The summed E-state index contributed by atoms with van der Waals surface area (Å²) in [5.74, 6) is 3.46. The number of fused-ring (bicyclic) bond motifs is 5. The van der Waals surface area contributed by atoms with E-state index in [9.17, 15) is 9.90 Å². The van der Waals surface area contributed by atoms with Crippen LogP contribution >= 0.6 is 0 Å². The summed E-state index contributed by atoms with van der Waals surface area (Å²) in [6.45, 7) is 9.04. The zero-order valence-electron chi connectivity index (χ0n) is 15.8. The second kappa shape index (κ2) is 5.43. The molecule has 8 atom stereocenters. The molecular weight excluding hydrogens is 296 g/mol. The van der Waals surface area contributed by atoms with Crippen molar-refractivity contribution in [3.05, 3.63) is 11.6 Å². The summed E-state index contributed by atoms with van der Waals surface area (Å²) >= 11 is 0. The first-order valence-corrected chi connectivity index (χ1v) is 10.2. The summed E-state index contributed by atoms with van der Waals surface area (Å²) in [5.41, 5.74) is 2.07. The third-order valence-electron chi connectivity index (χ3n) is 8.86. The first-order valence-electron chi connectivity index (χ1n) is 10.2. The molecule has 24 heavy (non-hydrogen) atoms. The fraction of sp³-hybridized carbons (Fsp3) is 0.864. The first-order chi connectivity index (χ1) is 11.3. The highest BCUT2D eigenvalue weighted by Crippen LogP contribution is 2.67. The summed E-state index contributed by atoms with van der Waals surface area (Å²) in [6, 6.07) is 0. The Morgan fingerprint density at radius 3 is 2.67 bits per heavy atom. The van der Waals surface area contributed by atoms with Gasteiger partial charge in [0, 0.05) is 5.92 Å². The van der Waals surface area contributed by atoms with Gasteiger partial charge in [0.15, 0.2) is 0 Å². The van der Waals surface area contributed by atoms with Gasteiger partial charge in [0.25, 0.3) is 0 Å². The lowest BCUT2D eigenvalue weighted by Gasteiger charge is -2.57. The molecule has 1 N–H and O–H groups in total. The quantitative estimate of drug-likeness (QED) is 0.704. The smallest absolute Gasteiger partial charge is 0.133 e. The molecule has 0 radical (unpaired) electrons. The Morgan fingerprint density at radius 1 is 1.21 bits per heavy atom. The van der Waals surface area contributed by atoms with Gasteiger partial charge in [-0.25, -0.2) is 0 Å². The standard InChI is InChI=1S/C22H34O2/c1-13-11-19-17-6-5-15-12-16(24)7-9-21(15,3)18(17)8-10-22(19,4)20(13)14(2)23/h5,13,16-20,24H,6-12H2,1-4H3/t13-,16+,17-,18?,19?,20-,21+,22+/m1/s1. The molecule has 4 aliphatic rings. The lowest BCUT2D eigenvalue weighted by molar-refractivity contribution is -0.128. The van der Waals surface area contributed by atoms with E-state index >= 15 is 0 Å². The van der Waals surface area contributed by atoms with Crippen LogP contribution in [-0.4, -0.2) is 17.0 Å². The van der Waals surface area contributed by atoms with Crippen molar-refractivity contribution in [2.24, 2.45) is 40.4 Å². The number of hydrogen-bond acceptors (Lipinski definition) is 2. The minimum absolute atomic E-state index is 0.122. The molecule has 2 unspecified atom stereocenters. The number of aliphatic hydroxyl groups is 1. The monoisotopic (exact) mass is 330 g/mol. The fourth-order valence-electron chi connectivity index (χ4n) is 7.87. The summed E-state index contributed by atoms with van der Waals surface area (Å²) in [6.07, 6.45) is 10.3. The molecule has 4 aliphatic carbocycles. The molecule has 0 amide bonds. The van der Waals surface area contributed by atoms with E-state index in [1.807, 2.05) is 6.92 Å². The Hall–Kier alpha value is -0.630. The SMILES string of the molecule is CC(=O)[C@H]1[C@H](C)CC2[C@@H]3CC=C4C[C@@H](O)CC[C@]4(C)C3CC[C@@]21C. The molecule has 0 spiro atoms. The predicted molar refractivity (Wildman–Crippen MR) is 96.4 cm³/mol. The highest BCUT2D eigenvalue weighted by atomic mass is 16.3. The molecule has 3 saturated carbocycles. The number of carbonyl (C=O) groups is 1. The van der Waals surface area contributed by atoms with Crippen LogP contribution in [0.25, 0.3) is 0 Å². The number of carbonyl (C=O) groups excluding carboxylic acids is 1. The van der Waals surface area contributed by atoms with Gasteiger partial charge in [-0.15, -0.1) is 0 Å². The normalized spacial score (nSPS) is 53.6. The largest absolute Gasteiger partial charge is 0.393 e. The molecule has 134 valence electrons. The number of allylic oxidation sites excluding steroid dienone is 1. The predicted octanol–water partition coefficient (Wildman–Crippen LogP) is 4.76. The van der Waals surface area contributed by atoms with E-state index in [1.54, 1.807) is 5.57 Å². The maximum atomic E-state index is 12.4. The van der Waals surface area contributed by atoms with Crippen molar-refractivity contribution in [3.63, 3.8) is 0 Å². The third-order valence-corrected chi connectivity index (χ3v) is 8.86. The maximum absolute atomic E-state index is 12.4.